The summed E-state index contributed by atoms with van der Waals surface area (Å²) < 4.78 is 10.1. The van der Waals surface area contributed by atoms with Gasteiger partial charge in [-0.15, -0.1) is 0 Å². The third-order valence-corrected chi connectivity index (χ3v) is 3.82. The molecule has 0 amide bonds. The number of esters is 1. The highest BCUT2D eigenvalue weighted by molar-refractivity contribution is 5.72. The maximum atomic E-state index is 12.4. The first-order chi connectivity index (χ1) is 11.9. The van der Waals surface area contributed by atoms with Crippen molar-refractivity contribution in [3.8, 4) is 17.2 Å². The molecule has 0 aliphatic heterocycles. The topological polar surface area (TPSA) is 109 Å². The summed E-state index contributed by atoms with van der Waals surface area (Å²) in [7, 11) is 1.40. The summed E-state index contributed by atoms with van der Waals surface area (Å²) >= 11 is 0. The molecule has 2 rings (SSSR count). The van der Waals surface area contributed by atoms with Gasteiger partial charge in [-0.1, -0.05) is 6.07 Å². The average molecular weight is 347 g/mol. The van der Waals surface area contributed by atoms with Gasteiger partial charge in [0.25, 0.3) is 5.56 Å². The fourth-order valence-corrected chi connectivity index (χ4v) is 2.70. The molecular weight excluding hydrogens is 326 g/mol. The number of phenolic OH excluding ortho intramolecular Hbond substituents is 1. The molecule has 1 aromatic heterocycles. The smallest absolute Gasteiger partial charge is 0.306 e. The lowest BCUT2D eigenvalue weighted by molar-refractivity contribution is -0.143. The van der Waals surface area contributed by atoms with E-state index < -0.39 is 17.4 Å². The van der Waals surface area contributed by atoms with Gasteiger partial charge in [-0.05, 0) is 37.6 Å². The van der Waals surface area contributed by atoms with E-state index in [0.29, 0.717) is 11.3 Å². The van der Waals surface area contributed by atoms with Gasteiger partial charge in [-0.25, -0.2) is 0 Å². The molecule has 0 radical (unpaired) electrons. The summed E-state index contributed by atoms with van der Waals surface area (Å²) in [6.07, 6.45) is -0.137. The van der Waals surface area contributed by atoms with Crippen molar-refractivity contribution in [2.75, 3.05) is 13.7 Å². The lowest BCUT2D eigenvalue weighted by Crippen LogP contribution is -2.21. The van der Waals surface area contributed by atoms with Crippen LogP contribution in [0, 0.1) is 6.92 Å². The molecule has 7 heteroatoms. The molecule has 134 valence electrons. The normalized spacial score (nSPS) is 11.8. The third kappa shape index (κ3) is 4.12. The quantitative estimate of drug-likeness (QED) is 0.691. The predicted octanol–water partition coefficient (Wildman–Crippen LogP) is 2.19. The fraction of sp³-hybridized carbons (Fsp3) is 0.333. The minimum Gasteiger partial charge on any atom is -0.507 e. The van der Waals surface area contributed by atoms with E-state index in [1.807, 2.05) is 0 Å². The number of aryl methyl sites for hydroxylation is 1. The van der Waals surface area contributed by atoms with Crippen LogP contribution in [0.1, 0.15) is 36.1 Å². The van der Waals surface area contributed by atoms with E-state index in [1.54, 1.807) is 19.9 Å². The summed E-state index contributed by atoms with van der Waals surface area (Å²) in [5, 5.41) is 20.0. The SMILES string of the molecule is CCOC(=O)C[C@@H](c1ccc(O)c(OC)c1)c1c(O)cc(C)[nH]c1=O. The number of nitrogens with one attached hydrogen (secondary N) is 1. The number of aromatic amines is 1. The zero-order valence-corrected chi connectivity index (χ0v) is 14.3. The van der Waals surface area contributed by atoms with Gasteiger partial charge in [0.2, 0.25) is 0 Å². The first-order valence-electron chi connectivity index (χ1n) is 7.82. The number of aromatic hydroxyl groups is 2. The molecule has 0 fully saturated rings. The van der Waals surface area contributed by atoms with Crippen LogP contribution in [0.2, 0.25) is 0 Å². The number of pyridine rings is 1. The highest BCUT2D eigenvalue weighted by Gasteiger charge is 2.26. The van der Waals surface area contributed by atoms with Crippen LogP contribution in [-0.2, 0) is 9.53 Å². The second-order valence-electron chi connectivity index (χ2n) is 5.57. The van der Waals surface area contributed by atoms with Crippen molar-refractivity contribution in [3.63, 3.8) is 0 Å². The summed E-state index contributed by atoms with van der Waals surface area (Å²) in [5.74, 6) is -1.32. The van der Waals surface area contributed by atoms with E-state index in [-0.39, 0.29) is 35.8 Å². The summed E-state index contributed by atoms with van der Waals surface area (Å²) in [4.78, 5) is 27.0. The second kappa shape index (κ2) is 7.74. The molecule has 0 saturated carbocycles. The van der Waals surface area contributed by atoms with Crippen LogP contribution in [0.3, 0.4) is 0 Å². The maximum Gasteiger partial charge on any atom is 0.306 e. The predicted molar refractivity (Wildman–Crippen MR) is 91.2 cm³/mol. The third-order valence-electron chi connectivity index (χ3n) is 3.82. The zero-order chi connectivity index (χ0) is 18.6. The van der Waals surface area contributed by atoms with E-state index in [4.69, 9.17) is 9.47 Å². The fourth-order valence-electron chi connectivity index (χ4n) is 2.70. The van der Waals surface area contributed by atoms with Crippen LogP contribution < -0.4 is 10.3 Å². The summed E-state index contributed by atoms with van der Waals surface area (Å²) in [6, 6.07) is 5.93. The van der Waals surface area contributed by atoms with Crippen molar-refractivity contribution in [2.45, 2.75) is 26.2 Å². The number of rotatable bonds is 6. The Balaban J connectivity index is 2.58. The van der Waals surface area contributed by atoms with Gasteiger partial charge < -0.3 is 24.7 Å². The number of H-pyrrole nitrogens is 1. The Labute approximate surface area is 144 Å². The number of hydrogen-bond acceptors (Lipinski definition) is 6. The Hall–Kier alpha value is -2.96. The van der Waals surface area contributed by atoms with E-state index in [2.05, 4.69) is 4.98 Å². The first kappa shape index (κ1) is 18.4. The molecule has 1 aromatic carbocycles. The molecule has 1 heterocycles. The van der Waals surface area contributed by atoms with Crippen LogP contribution in [0.25, 0.3) is 0 Å². The zero-order valence-electron chi connectivity index (χ0n) is 14.3. The van der Waals surface area contributed by atoms with Crippen molar-refractivity contribution in [2.24, 2.45) is 0 Å². The summed E-state index contributed by atoms with van der Waals surface area (Å²) in [5.41, 5.74) is 0.613. The second-order valence-corrected chi connectivity index (χ2v) is 5.57. The number of phenols is 1. The van der Waals surface area contributed by atoms with E-state index in [0.717, 1.165) is 0 Å². The molecule has 0 bridgehead atoms. The van der Waals surface area contributed by atoms with Crippen LogP contribution in [0.4, 0.5) is 0 Å². The van der Waals surface area contributed by atoms with Gasteiger partial charge in [0.1, 0.15) is 5.75 Å². The Morgan fingerprint density at radius 3 is 2.56 bits per heavy atom. The highest BCUT2D eigenvalue weighted by Crippen LogP contribution is 2.36. The number of hydrogen-bond donors (Lipinski definition) is 3. The first-order valence-corrected chi connectivity index (χ1v) is 7.82. The molecule has 0 spiro atoms. The molecule has 3 N–H and O–H groups in total. The van der Waals surface area contributed by atoms with Crippen LogP contribution in [-0.4, -0.2) is 34.9 Å². The monoisotopic (exact) mass is 347 g/mol. The number of methoxy groups -OCH3 is 1. The van der Waals surface area contributed by atoms with Gasteiger partial charge in [-0.2, -0.15) is 0 Å². The van der Waals surface area contributed by atoms with Crippen LogP contribution in [0.15, 0.2) is 29.1 Å². The molecule has 7 nitrogen and oxygen atoms in total. The van der Waals surface area contributed by atoms with E-state index >= 15 is 0 Å². The molecule has 0 unspecified atom stereocenters. The van der Waals surface area contributed by atoms with Gasteiger partial charge in [0.15, 0.2) is 11.5 Å². The van der Waals surface area contributed by atoms with Crippen LogP contribution in [0.5, 0.6) is 17.2 Å². The van der Waals surface area contributed by atoms with E-state index in [9.17, 15) is 19.8 Å². The minimum atomic E-state index is -0.752. The van der Waals surface area contributed by atoms with Crippen molar-refractivity contribution in [1.82, 2.24) is 4.98 Å². The highest BCUT2D eigenvalue weighted by atomic mass is 16.5. The Morgan fingerprint density at radius 2 is 1.96 bits per heavy atom. The Morgan fingerprint density at radius 1 is 1.24 bits per heavy atom. The molecule has 0 aliphatic rings. The number of ether oxygens (including phenoxy) is 2. The molecule has 1 atom stereocenters. The van der Waals surface area contributed by atoms with Gasteiger partial charge in [0.05, 0.1) is 25.7 Å². The number of aromatic nitrogens is 1. The molecular formula is C18H21NO6. The van der Waals surface area contributed by atoms with Crippen molar-refractivity contribution >= 4 is 5.97 Å². The molecule has 25 heavy (non-hydrogen) atoms. The molecule has 0 saturated heterocycles. The van der Waals surface area contributed by atoms with Crippen LogP contribution >= 0.6 is 0 Å². The average Bonchev–Trinajstić information content (AvgIpc) is 2.53. The number of carbonyl (C=O) groups is 1. The maximum absolute atomic E-state index is 12.4. The Bertz CT molecular complexity index is 827. The van der Waals surface area contributed by atoms with Gasteiger partial charge >= 0.3 is 5.97 Å². The number of benzene rings is 1. The lowest BCUT2D eigenvalue weighted by atomic mass is 9.88. The van der Waals surface area contributed by atoms with Gasteiger partial charge in [-0.3, -0.25) is 9.59 Å². The lowest BCUT2D eigenvalue weighted by Gasteiger charge is -2.19. The Kier molecular flexibility index (Phi) is 5.69. The number of carbonyl (C=O) groups excluding carboxylic acids is 1. The van der Waals surface area contributed by atoms with E-state index in [1.165, 1.54) is 25.3 Å². The molecule has 0 aliphatic carbocycles. The minimum absolute atomic E-state index is 0.0615. The van der Waals surface area contributed by atoms with Gasteiger partial charge in [0, 0.05) is 11.6 Å². The standard InChI is InChI=1S/C18H21NO6/c1-4-25-16(22)9-12(11-5-6-13(20)15(8-11)24-3)17-14(21)7-10(2)19-18(17)23/h5-8,12,20H,4,9H2,1-3H3,(H2,19,21,23)/t12-/m0/s1. The van der Waals surface area contributed by atoms with Crippen molar-refractivity contribution < 1.29 is 24.5 Å². The molecule has 2 aromatic rings. The van der Waals surface area contributed by atoms with Crippen molar-refractivity contribution in [3.05, 3.63) is 51.4 Å². The largest absolute Gasteiger partial charge is 0.507 e. The van der Waals surface area contributed by atoms with Crippen molar-refractivity contribution in [1.29, 1.82) is 0 Å². The summed E-state index contributed by atoms with van der Waals surface area (Å²) in [6.45, 7) is 3.54.